The zero-order valence-corrected chi connectivity index (χ0v) is 12.9. The molecule has 5 nitrogen and oxygen atoms in total. The van der Waals surface area contributed by atoms with Gasteiger partial charge in [0, 0.05) is 25.0 Å². The number of hydrogen-bond donors (Lipinski definition) is 1. The van der Waals surface area contributed by atoms with Crippen molar-refractivity contribution in [3.05, 3.63) is 53.0 Å². The van der Waals surface area contributed by atoms with Crippen molar-refractivity contribution in [3.8, 4) is 5.75 Å². The van der Waals surface area contributed by atoms with Crippen LogP contribution in [-0.4, -0.2) is 27.2 Å². The summed E-state index contributed by atoms with van der Waals surface area (Å²) in [5.41, 5.74) is 0.801. The molecule has 2 rings (SSSR count). The molecule has 0 aliphatic heterocycles. The van der Waals surface area contributed by atoms with Crippen molar-refractivity contribution >= 4 is 28.0 Å². The second-order valence-electron chi connectivity index (χ2n) is 4.36. The molecule has 0 bridgehead atoms. The zero-order chi connectivity index (χ0) is 15.1. The van der Waals surface area contributed by atoms with E-state index in [1.54, 1.807) is 12.5 Å². The molecule has 1 aromatic carbocycles. The minimum absolute atomic E-state index is 0.598. The number of nitrogens with zero attached hydrogens (tertiary/aromatic N) is 2. The van der Waals surface area contributed by atoms with E-state index in [1.165, 1.54) is 6.08 Å². The van der Waals surface area contributed by atoms with E-state index in [4.69, 9.17) is 9.84 Å². The molecule has 110 valence electrons. The number of carboxylic acids is 1. The number of ether oxygens (including phenoxy) is 1. The number of aryl methyl sites for hydroxylation is 1. The second-order valence-corrected chi connectivity index (χ2v) is 5.22. The summed E-state index contributed by atoms with van der Waals surface area (Å²) in [4.78, 5) is 14.4. The molecule has 2 aromatic rings. The maximum atomic E-state index is 10.5. The van der Waals surface area contributed by atoms with Crippen LogP contribution in [0.2, 0.25) is 0 Å². The molecule has 0 unspecified atom stereocenters. The standard InChI is InChI=1S/C15H15BrN2O3/c16-13-10-12(3-5-15(19)20)2-4-14(13)21-9-1-7-18-8-6-17-11-18/h2-6,8,10-11H,1,7,9H2,(H,19,20). The Morgan fingerprint density at radius 1 is 1.48 bits per heavy atom. The average molecular weight is 351 g/mol. The van der Waals surface area contributed by atoms with Crippen molar-refractivity contribution in [1.82, 2.24) is 9.55 Å². The Balaban J connectivity index is 1.84. The number of carbonyl (C=O) groups is 1. The Hall–Kier alpha value is -2.08. The summed E-state index contributed by atoms with van der Waals surface area (Å²) in [6.45, 7) is 1.46. The molecule has 0 radical (unpaired) electrons. The number of halogens is 1. The van der Waals surface area contributed by atoms with Gasteiger partial charge < -0.3 is 14.4 Å². The van der Waals surface area contributed by atoms with E-state index in [0.29, 0.717) is 6.61 Å². The van der Waals surface area contributed by atoms with Gasteiger partial charge in [0.25, 0.3) is 0 Å². The van der Waals surface area contributed by atoms with Gasteiger partial charge in [-0.25, -0.2) is 9.78 Å². The summed E-state index contributed by atoms with van der Waals surface area (Å²) >= 11 is 3.42. The summed E-state index contributed by atoms with van der Waals surface area (Å²) < 4.78 is 8.50. The molecule has 0 aliphatic carbocycles. The maximum absolute atomic E-state index is 10.5. The number of carboxylic acid groups (broad SMARTS) is 1. The van der Waals surface area contributed by atoms with Crippen LogP contribution in [-0.2, 0) is 11.3 Å². The van der Waals surface area contributed by atoms with Crippen molar-refractivity contribution in [2.45, 2.75) is 13.0 Å². The predicted octanol–water partition coefficient (Wildman–Crippen LogP) is 3.21. The molecule has 0 saturated carbocycles. The molecule has 21 heavy (non-hydrogen) atoms. The van der Waals surface area contributed by atoms with Crippen LogP contribution in [0.1, 0.15) is 12.0 Å². The Labute approximate surface area is 131 Å². The van der Waals surface area contributed by atoms with Crippen molar-refractivity contribution in [2.24, 2.45) is 0 Å². The van der Waals surface area contributed by atoms with Crippen LogP contribution >= 0.6 is 15.9 Å². The first-order valence-corrected chi connectivity index (χ1v) is 7.23. The van der Waals surface area contributed by atoms with Crippen LogP contribution in [0.4, 0.5) is 0 Å². The van der Waals surface area contributed by atoms with Crippen LogP contribution in [0.25, 0.3) is 6.08 Å². The quantitative estimate of drug-likeness (QED) is 0.615. The van der Waals surface area contributed by atoms with Gasteiger partial charge in [-0.05, 0) is 46.1 Å². The number of rotatable bonds is 7. The lowest BCUT2D eigenvalue weighted by atomic mass is 10.2. The second kappa shape index (κ2) is 7.64. The monoisotopic (exact) mass is 350 g/mol. The molecule has 0 spiro atoms. The summed E-state index contributed by atoms with van der Waals surface area (Å²) in [6, 6.07) is 5.46. The largest absolute Gasteiger partial charge is 0.492 e. The Kier molecular flexibility index (Phi) is 5.57. The molecule has 1 heterocycles. The number of hydrogen-bond acceptors (Lipinski definition) is 3. The minimum Gasteiger partial charge on any atom is -0.492 e. The van der Waals surface area contributed by atoms with Gasteiger partial charge in [-0.3, -0.25) is 0 Å². The van der Waals surface area contributed by atoms with E-state index in [1.807, 2.05) is 29.0 Å². The lowest BCUT2D eigenvalue weighted by molar-refractivity contribution is -0.131. The van der Waals surface area contributed by atoms with Gasteiger partial charge in [-0.15, -0.1) is 0 Å². The van der Waals surface area contributed by atoms with E-state index >= 15 is 0 Å². The normalized spacial score (nSPS) is 10.9. The topological polar surface area (TPSA) is 64.3 Å². The molecule has 0 amide bonds. The highest BCUT2D eigenvalue weighted by molar-refractivity contribution is 9.10. The first-order valence-electron chi connectivity index (χ1n) is 6.44. The molecular weight excluding hydrogens is 336 g/mol. The first-order chi connectivity index (χ1) is 10.1. The van der Waals surface area contributed by atoms with Crippen LogP contribution in [0.15, 0.2) is 47.5 Å². The van der Waals surface area contributed by atoms with E-state index in [0.717, 1.165) is 34.8 Å². The Morgan fingerprint density at radius 3 is 3.00 bits per heavy atom. The third kappa shape index (κ3) is 5.07. The summed E-state index contributed by atoms with van der Waals surface area (Å²) in [5, 5.41) is 8.59. The van der Waals surface area contributed by atoms with Gasteiger partial charge in [0.2, 0.25) is 0 Å². The Bertz CT molecular complexity index is 624. The smallest absolute Gasteiger partial charge is 0.328 e. The van der Waals surface area contributed by atoms with Crippen LogP contribution in [0.5, 0.6) is 5.75 Å². The number of benzene rings is 1. The maximum Gasteiger partial charge on any atom is 0.328 e. The van der Waals surface area contributed by atoms with Crippen molar-refractivity contribution < 1.29 is 14.6 Å². The Morgan fingerprint density at radius 2 is 2.33 bits per heavy atom. The van der Waals surface area contributed by atoms with Crippen molar-refractivity contribution in [1.29, 1.82) is 0 Å². The molecule has 1 N–H and O–H groups in total. The summed E-state index contributed by atoms with van der Waals surface area (Å²) in [7, 11) is 0. The van der Waals surface area contributed by atoms with E-state index in [-0.39, 0.29) is 0 Å². The zero-order valence-electron chi connectivity index (χ0n) is 11.3. The fourth-order valence-electron chi connectivity index (χ4n) is 1.75. The highest BCUT2D eigenvalue weighted by Crippen LogP contribution is 2.26. The minimum atomic E-state index is -0.967. The van der Waals surface area contributed by atoms with E-state index in [2.05, 4.69) is 20.9 Å². The summed E-state index contributed by atoms with van der Waals surface area (Å²) in [6.07, 6.45) is 8.96. The highest BCUT2D eigenvalue weighted by atomic mass is 79.9. The summed E-state index contributed by atoms with van der Waals surface area (Å²) in [5.74, 6) is -0.223. The van der Waals surface area contributed by atoms with Gasteiger partial charge in [0.05, 0.1) is 17.4 Å². The van der Waals surface area contributed by atoms with Gasteiger partial charge in [-0.2, -0.15) is 0 Å². The fraction of sp³-hybridized carbons (Fsp3) is 0.200. The lowest BCUT2D eigenvalue weighted by Gasteiger charge is -2.09. The van der Waals surface area contributed by atoms with E-state index in [9.17, 15) is 4.79 Å². The van der Waals surface area contributed by atoms with Crippen molar-refractivity contribution in [2.75, 3.05) is 6.61 Å². The highest BCUT2D eigenvalue weighted by Gasteiger charge is 2.02. The third-order valence-corrected chi connectivity index (χ3v) is 3.37. The molecule has 0 saturated heterocycles. The molecule has 0 atom stereocenters. The predicted molar refractivity (Wildman–Crippen MR) is 83.2 cm³/mol. The average Bonchev–Trinajstić information content (AvgIpc) is 2.96. The SMILES string of the molecule is O=C(O)C=Cc1ccc(OCCCn2ccnc2)c(Br)c1. The molecule has 0 fully saturated rings. The third-order valence-electron chi connectivity index (χ3n) is 2.75. The fourth-order valence-corrected chi connectivity index (χ4v) is 2.26. The van der Waals surface area contributed by atoms with Crippen LogP contribution in [0, 0.1) is 0 Å². The van der Waals surface area contributed by atoms with Gasteiger partial charge in [-0.1, -0.05) is 6.07 Å². The van der Waals surface area contributed by atoms with Crippen molar-refractivity contribution in [3.63, 3.8) is 0 Å². The van der Waals surface area contributed by atoms with Crippen LogP contribution < -0.4 is 4.74 Å². The van der Waals surface area contributed by atoms with Crippen LogP contribution in [0.3, 0.4) is 0 Å². The number of aliphatic carboxylic acids is 1. The van der Waals surface area contributed by atoms with Gasteiger partial charge in [0.15, 0.2) is 0 Å². The van der Waals surface area contributed by atoms with E-state index < -0.39 is 5.97 Å². The molecule has 1 aromatic heterocycles. The first kappa shape index (κ1) is 15.3. The number of aromatic nitrogens is 2. The molecule has 6 heteroatoms. The number of imidazole rings is 1. The lowest BCUT2D eigenvalue weighted by Crippen LogP contribution is -2.03. The molecule has 0 aliphatic rings. The molecular formula is C15H15BrN2O3. The van der Waals surface area contributed by atoms with Gasteiger partial charge in [0.1, 0.15) is 5.75 Å². The van der Waals surface area contributed by atoms with Gasteiger partial charge >= 0.3 is 5.97 Å².